The number of hydrogen-bond acceptors (Lipinski definition) is 3. The summed E-state index contributed by atoms with van der Waals surface area (Å²) in [4.78, 5) is 18.4. The molecule has 1 fully saturated rings. The Morgan fingerprint density at radius 1 is 1.18 bits per heavy atom. The van der Waals surface area contributed by atoms with Crippen LogP contribution < -0.4 is 16.0 Å². The van der Waals surface area contributed by atoms with Crippen molar-refractivity contribution in [1.29, 1.82) is 0 Å². The Morgan fingerprint density at radius 2 is 1.82 bits per heavy atom. The SMILES string of the molecule is CN=C(NCCN1CCCCC1)NCC(C)(C)C(=O)NC.I. The molecule has 7 heteroatoms. The molecule has 0 spiro atoms. The summed E-state index contributed by atoms with van der Waals surface area (Å²) in [6, 6.07) is 0. The van der Waals surface area contributed by atoms with Crippen LogP contribution in [-0.4, -0.2) is 63.6 Å². The van der Waals surface area contributed by atoms with Gasteiger partial charge in [-0.2, -0.15) is 0 Å². The number of piperidine rings is 1. The average Bonchev–Trinajstić information content (AvgIpc) is 2.50. The Hall–Kier alpha value is -0.570. The van der Waals surface area contributed by atoms with Gasteiger partial charge in [0.25, 0.3) is 0 Å². The number of nitrogens with one attached hydrogen (secondary N) is 3. The highest BCUT2D eigenvalue weighted by Crippen LogP contribution is 2.12. The van der Waals surface area contributed by atoms with E-state index in [2.05, 4.69) is 25.8 Å². The number of amides is 1. The molecule has 1 aliphatic rings. The van der Waals surface area contributed by atoms with Crippen molar-refractivity contribution in [3.63, 3.8) is 0 Å². The molecule has 0 saturated carbocycles. The second kappa shape index (κ2) is 11.0. The number of hydrogen-bond donors (Lipinski definition) is 3. The second-order valence-electron chi connectivity index (χ2n) is 6.22. The molecule has 1 aliphatic heterocycles. The zero-order valence-electron chi connectivity index (χ0n) is 14.4. The Kier molecular flexibility index (Phi) is 10.8. The molecule has 1 saturated heterocycles. The van der Waals surface area contributed by atoms with Gasteiger partial charge in [0, 0.05) is 33.7 Å². The van der Waals surface area contributed by atoms with E-state index in [1.54, 1.807) is 14.1 Å². The number of nitrogens with zero attached hydrogens (tertiary/aromatic N) is 2. The van der Waals surface area contributed by atoms with E-state index >= 15 is 0 Å². The molecule has 1 heterocycles. The monoisotopic (exact) mass is 425 g/mol. The van der Waals surface area contributed by atoms with E-state index in [4.69, 9.17) is 0 Å². The molecule has 130 valence electrons. The maximum absolute atomic E-state index is 11.7. The van der Waals surface area contributed by atoms with Crippen molar-refractivity contribution < 1.29 is 4.79 Å². The van der Waals surface area contributed by atoms with Gasteiger partial charge >= 0.3 is 0 Å². The number of halogens is 1. The maximum atomic E-state index is 11.7. The molecule has 1 rings (SSSR count). The first-order chi connectivity index (χ1) is 9.99. The summed E-state index contributed by atoms with van der Waals surface area (Å²) >= 11 is 0. The molecule has 0 bridgehead atoms. The highest BCUT2D eigenvalue weighted by Gasteiger charge is 2.26. The van der Waals surface area contributed by atoms with E-state index in [0.717, 1.165) is 19.0 Å². The smallest absolute Gasteiger partial charge is 0.227 e. The third kappa shape index (κ3) is 7.62. The molecule has 1 amide bonds. The summed E-state index contributed by atoms with van der Waals surface area (Å²) in [6.07, 6.45) is 3.99. The number of likely N-dealkylation sites (tertiary alicyclic amines) is 1. The van der Waals surface area contributed by atoms with Gasteiger partial charge in [-0.05, 0) is 39.8 Å². The largest absolute Gasteiger partial charge is 0.359 e. The molecule has 0 unspecified atom stereocenters. The third-order valence-corrected chi connectivity index (χ3v) is 3.93. The van der Waals surface area contributed by atoms with Gasteiger partial charge in [0.2, 0.25) is 5.91 Å². The number of carbonyl (C=O) groups is 1. The molecular formula is C15H32IN5O. The first-order valence-electron chi connectivity index (χ1n) is 7.88. The van der Waals surface area contributed by atoms with Crippen molar-refractivity contribution in [2.75, 3.05) is 46.8 Å². The van der Waals surface area contributed by atoms with Gasteiger partial charge in [-0.3, -0.25) is 9.79 Å². The van der Waals surface area contributed by atoms with Crippen molar-refractivity contribution in [3.05, 3.63) is 0 Å². The van der Waals surface area contributed by atoms with Crippen molar-refractivity contribution >= 4 is 35.8 Å². The highest BCUT2D eigenvalue weighted by atomic mass is 127. The number of rotatable bonds is 6. The van der Waals surface area contributed by atoms with Crippen LogP contribution in [0.25, 0.3) is 0 Å². The fraction of sp³-hybridized carbons (Fsp3) is 0.867. The van der Waals surface area contributed by atoms with Gasteiger partial charge in [0.15, 0.2) is 5.96 Å². The molecule has 0 aromatic heterocycles. The lowest BCUT2D eigenvalue weighted by Gasteiger charge is -2.27. The van der Waals surface area contributed by atoms with Crippen LogP contribution in [0.4, 0.5) is 0 Å². The number of carbonyl (C=O) groups excluding carboxylic acids is 1. The van der Waals surface area contributed by atoms with E-state index in [-0.39, 0.29) is 29.9 Å². The standard InChI is InChI=1S/C15H31N5O.HI/c1-15(2,13(21)16-3)12-19-14(17-4)18-8-11-20-9-6-5-7-10-20;/h5-12H2,1-4H3,(H,16,21)(H2,17,18,19);1H. The van der Waals surface area contributed by atoms with E-state index in [1.165, 1.54) is 32.4 Å². The zero-order valence-corrected chi connectivity index (χ0v) is 16.7. The van der Waals surface area contributed by atoms with Gasteiger partial charge < -0.3 is 20.9 Å². The predicted molar refractivity (Wildman–Crippen MR) is 103 cm³/mol. The molecule has 0 radical (unpaired) electrons. The van der Waals surface area contributed by atoms with Crippen molar-refractivity contribution in [2.24, 2.45) is 10.4 Å². The topological polar surface area (TPSA) is 68.8 Å². The van der Waals surface area contributed by atoms with Gasteiger partial charge in [-0.1, -0.05) is 6.42 Å². The molecule has 0 atom stereocenters. The van der Waals surface area contributed by atoms with Crippen LogP contribution in [0, 0.1) is 5.41 Å². The van der Waals surface area contributed by atoms with Gasteiger partial charge in [0.05, 0.1) is 5.41 Å². The lowest BCUT2D eigenvalue weighted by molar-refractivity contribution is -0.128. The molecular weight excluding hydrogens is 393 g/mol. The van der Waals surface area contributed by atoms with E-state index < -0.39 is 5.41 Å². The summed E-state index contributed by atoms with van der Waals surface area (Å²) in [5.74, 6) is 0.780. The van der Waals surface area contributed by atoms with Gasteiger partial charge in [0.1, 0.15) is 0 Å². The molecule has 22 heavy (non-hydrogen) atoms. The van der Waals surface area contributed by atoms with Crippen molar-refractivity contribution in [3.8, 4) is 0 Å². The summed E-state index contributed by atoms with van der Waals surface area (Å²) in [5.41, 5.74) is -0.459. The average molecular weight is 425 g/mol. The summed E-state index contributed by atoms with van der Waals surface area (Å²) < 4.78 is 0. The number of aliphatic imine (C=N–C) groups is 1. The van der Waals surface area contributed by atoms with Crippen LogP contribution in [0.2, 0.25) is 0 Å². The third-order valence-electron chi connectivity index (χ3n) is 3.93. The predicted octanol–water partition coefficient (Wildman–Crippen LogP) is 1.03. The first kappa shape index (κ1) is 21.4. The van der Waals surface area contributed by atoms with Crippen LogP contribution in [0.3, 0.4) is 0 Å². The summed E-state index contributed by atoms with van der Waals surface area (Å²) in [6.45, 7) is 8.71. The van der Waals surface area contributed by atoms with E-state index in [9.17, 15) is 4.79 Å². The fourth-order valence-electron chi connectivity index (χ4n) is 2.46. The Morgan fingerprint density at radius 3 is 2.36 bits per heavy atom. The lowest BCUT2D eigenvalue weighted by atomic mass is 9.92. The molecule has 3 N–H and O–H groups in total. The molecule has 0 aliphatic carbocycles. The number of guanidine groups is 1. The minimum Gasteiger partial charge on any atom is -0.359 e. The lowest BCUT2D eigenvalue weighted by Crippen LogP contribution is -2.48. The minimum absolute atomic E-state index is 0. The zero-order chi connectivity index (χ0) is 15.7. The quantitative estimate of drug-likeness (QED) is 0.338. The Bertz CT molecular complexity index is 354. The van der Waals surface area contributed by atoms with E-state index in [0.29, 0.717) is 6.54 Å². The maximum Gasteiger partial charge on any atom is 0.227 e. The summed E-state index contributed by atoms with van der Waals surface area (Å²) in [5, 5.41) is 9.22. The van der Waals surface area contributed by atoms with Crippen molar-refractivity contribution in [1.82, 2.24) is 20.9 Å². The Balaban J connectivity index is 0.00000441. The van der Waals surface area contributed by atoms with Crippen LogP contribution >= 0.6 is 24.0 Å². The molecule has 0 aromatic carbocycles. The van der Waals surface area contributed by atoms with Crippen LogP contribution in [0.5, 0.6) is 0 Å². The fourth-order valence-corrected chi connectivity index (χ4v) is 2.46. The second-order valence-corrected chi connectivity index (χ2v) is 6.22. The van der Waals surface area contributed by atoms with Crippen LogP contribution in [-0.2, 0) is 4.79 Å². The first-order valence-corrected chi connectivity index (χ1v) is 7.88. The molecule has 0 aromatic rings. The van der Waals surface area contributed by atoms with Crippen LogP contribution in [0.1, 0.15) is 33.1 Å². The van der Waals surface area contributed by atoms with Gasteiger partial charge in [-0.15, -0.1) is 24.0 Å². The minimum atomic E-state index is -0.459. The Labute approximate surface area is 151 Å². The summed E-state index contributed by atoms with van der Waals surface area (Å²) in [7, 11) is 3.42. The highest BCUT2D eigenvalue weighted by molar-refractivity contribution is 14.0. The van der Waals surface area contributed by atoms with E-state index in [1.807, 2.05) is 13.8 Å². The van der Waals surface area contributed by atoms with Crippen LogP contribution in [0.15, 0.2) is 4.99 Å². The van der Waals surface area contributed by atoms with Gasteiger partial charge in [-0.25, -0.2) is 0 Å². The van der Waals surface area contributed by atoms with Crippen molar-refractivity contribution in [2.45, 2.75) is 33.1 Å². The normalized spacial score (nSPS) is 16.6. The molecule has 6 nitrogen and oxygen atoms in total.